The molecule has 0 spiro atoms. The lowest BCUT2D eigenvalue weighted by Gasteiger charge is -2.06. The van der Waals surface area contributed by atoms with E-state index in [-0.39, 0.29) is 12.7 Å². The third-order valence-electron chi connectivity index (χ3n) is 3.72. The van der Waals surface area contributed by atoms with Crippen molar-refractivity contribution in [2.45, 2.75) is 10.6 Å². The van der Waals surface area contributed by atoms with Gasteiger partial charge in [-0.15, -0.1) is 11.8 Å². The number of furan rings is 1. The van der Waals surface area contributed by atoms with E-state index < -0.39 is 0 Å². The highest BCUT2D eigenvalue weighted by Gasteiger charge is 2.18. The normalized spacial score (nSPS) is 12.2. The fourth-order valence-electron chi connectivity index (χ4n) is 2.49. The minimum Gasteiger partial charge on any atom is -0.459 e. The topological polar surface area (TPSA) is 60.7 Å². The lowest BCUT2D eigenvalue weighted by atomic mass is 10.2. The molecule has 6 heteroatoms. The summed E-state index contributed by atoms with van der Waals surface area (Å²) in [5.41, 5.74) is 1.49. The molecule has 0 bridgehead atoms. The molecule has 0 fully saturated rings. The molecule has 3 aromatic rings. The summed E-state index contributed by atoms with van der Waals surface area (Å²) in [6, 6.07) is 17.1. The zero-order valence-electron chi connectivity index (χ0n) is 13.2. The van der Waals surface area contributed by atoms with E-state index in [1.54, 1.807) is 30.0 Å². The van der Waals surface area contributed by atoms with Crippen LogP contribution in [0.4, 0.5) is 5.69 Å². The highest BCUT2D eigenvalue weighted by atomic mass is 32.2. The molecule has 0 saturated carbocycles. The third-order valence-corrected chi connectivity index (χ3v) is 4.78. The van der Waals surface area contributed by atoms with E-state index in [1.807, 2.05) is 36.4 Å². The van der Waals surface area contributed by atoms with Gasteiger partial charge in [-0.3, -0.25) is 4.79 Å². The smallest absolute Gasteiger partial charge is 0.291 e. The number of fused-ring (bicyclic) bond motifs is 1. The first-order valence-corrected chi connectivity index (χ1v) is 8.73. The van der Waals surface area contributed by atoms with Gasteiger partial charge in [-0.05, 0) is 30.3 Å². The number of carbonyl (C=O) groups is 1. The second-order valence-corrected chi connectivity index (χ2v) is 6.45. The Kier molecular flexibility index (Phi) is 4.35. The molecule has 2 heterocycles. The number of ether oxygens (including phenoxy) is 2. The molecule has 1 aromatic heterocycles. The van der Waals surface area contributed by atoms with Gasteiger partial charge in [0.2, 0.25) is 6.79 Å². The first kappa shape index (κ1) is 15.7. The molecule has 0 unspecified atom stereocenters. The average Bonchev–Trinajstić information content (AvgIpc) is 3.29. The quantitative estimate of drug-likeness (QED) is 0.682. The van der Waals surface area contributed by atoms with Crippen LogP contribution in [0.1, 0.15) is 16.1 Å². The van der Waals surface area contributed by atoms with Gasteiger partial charge in [-0.25, -0.2) is 0 Å². The Balaban J connectivity index is 1.45. The van der Waals surface area contributed by atoms with Crippen LogP contribution in [-0.4, -0.2) is 12.7 Å². The van der Waals surface area contributed by atoms with E-state index >= 15 is 0 Å². The molecule has 5 nitrogen and oxygen atoms in total. The molecule has 0 atom stereocenters. The van der Waals surface area contributed by atoms with Crippen molar-refractivity contribution in [3.63, 3.8) is 0 Å². The molecule has 0 saturated heterocycles. The predicted octanol–water partition coefficient (Wildman–Crippen LogP) is 4.55. The van der Waals surface area contributed by atoms with Gasteiger partial charge >= 0.3 is 0 Å². The van der Waals surface area contributed by atoms with E-state index in [2.05, 4.69) is 5.32 Å². The first-order chi connectivity index (χ1) is 12.3. The molecular formula is C19H15NO4S. The van der Waals surface area contributed by atoms with Crippen LogP contribution in [0.2, 0.25) is 0 Å². The number of thioether (sulfide) groups is 1. The SMILES string of the molecule is O=C(Nc1ccc2c(c1)OCO2)c1occc1CSc1ccccc1. The summed E-state index contributed by atoms with van der Waals surface area (Å²) in [6.45, 7) is 0.200. The molecule has 25 heavy (non-hydrogen) atoms. The monoisotopic (exact) mass is 353 g/mol. The Bertz CT molecular complexity index is 891. The predicted molar refractivity (Wildman–Crippen MR) is 95.2 cm³/mol. The maximum Gasteiger partial charge on any atom is 0.291 e. The number of rotatable bonds is 5. The zero-order chi connectivity index (χ0) is 17.1. The lowest BCUT2D eigenvalue weighted by Crippen LogP contribution is -2.12. The number of benzene rings is 2. The van der Waals surface area contributed by atoms with Crippen LogP contribution in [0.15, 0.2) is 70.2 Å². The molecule has 1 N–H and O–H groups in total. The van der Waals surface area contributed by atoms with Crippen molar-refractivity contribution in [3.8, 4) is 11.5 Å². The number of hydrogen-bond donors (Lipinski definition) is 1. The zero-order valence-corrected chi connectivity index (χ0v) is 14.0. The number of nitrogens with one attached hydrogen (secondary N) is 1. The summed E-state index contributed by atoms with van der Waals surface area (Å²) in [7, 11) is 0. The molecule has 2 aromatic carbocycles. The van der Waals surface area contributed by atoms with Crippen LogP contribution in [0, 0.1) is 0 Å². The van der Waals surface area contributed by atoms with Gasteiger partial charge in [0.05, 0.1) is 6.26 Å². The standard InChI is InChI=1S/C19H15NO4S/c21-19(20-14-6-7-16-17(10-14)24-12-23-16)18-13(8-9-22-18)11-25-15-4-2-1-3-5-15/h1-10H,11-12H2,(H,20,21). The number of anilines is 1. The number of hydrogen-bond acceptors (Lipinski definition) is 5. The molecule has 1 aliphatic rings. The van der Waals surface area contributed by atoms with Crippen molar-refractivity contribution in [1.29, 1.82) is 0 Å². The second-order valence-electron chi connectivity index (χ2n) is 5.40. The van der Waals surface area contributed by atoms with Gasteiger partial charge in [-0.1, -0.05) is 18.2 Å². The van der Waals surface area contributed by atoms with E-state index in [9.17, 15) is 4.79 Å². The Hall–Kier alpha value is -2.86. The Morgan fingerprint density at radius 3 is 2.76 bits per heavy atom. The van der Waals surface area contributed by atoms with Crippen LogP contribution in [0.5, 0.6) is 11.5 Å². The summed E-state index contributed by atoms with van der Waals surface area (Å²) < 4.78 is 16.0. The molecule has 0 radical (unpaired) electrons. The Morgan fingerprint density at radius 2 is 1.88 bits per heavy atom. The largest absolute Gasteiger partial charge is 0.459 e. The average molecular weight is 353 g/mol. The molecule has 1 amide bonds. The number of carbonyl (C=O) groups excluding carboxylic acids is 1. The van der Waals surface area contributed by atoms with Gasteiger partial charge < -0.3 is 19.2 Å². The van der Waals surface area contributed by atoms with Crippen molar-refractivity contribution < 1.29 is 18.7 Å². The van der Waals surface area contributed by atoms with Crippen molar-refractivity contribution in [1.82, 2.24) is 0 Å². The van der Waals surface area contributed by atoms with Crippen molar-refractivity contribution in [3.05, 3.63) is 72.2 Å². The van der Waals surface area contributed by atoms with Gasteiger partial charge in [0.1, 0.15) is 0 Å². The number of amides is 1. The molecule has 4 rings (SSSR count). The summed E-state index contributed by atoms with van der Waals surface area (Å²) in [6.07, 6.45) is 1.54. The Labute approximate surface area is 148 Å². The first-order valence-electron chi connectivity index (χ1n) is 7.75. The van der Waals surface area contributed by atoms with Crippen molar-refractivity contribution in [2.75, 3.05) is 12.1 Å². The lowest BCUT2D eigenvalue weighted by molar-refractivity contribution is 0.0996. The van der Waals surface area contributed by atoms with Gasteiger partial charge in [0.25, 0.3) is 5.91 Å². The minimum absolute atomic E-state index is 0.200. The van der Waals surface area contributed by atoms with Crippen LogP contribution < -0.4 is 14.8 Å². The molecule has 126 valence electrons. The maximum absolute atomic E-state index is 12.5. The minimum atomic E-state index is -0.285. The third kappa shape index (κ3) is 3.49. The fourth-order valence-corrected chi connectivity index (χ4v) is 3.39. The van der Waals surface area contributed by atoms with Crippen molar-refractivity contribution >= 4 is 23.4 Å². The highest BCUT2D eigenvalue weighted by Crippen LogP contribution is 2.34. The van der Waals surface area contributed by atoms with E-state index in [0.29, 0.717) is 28.7 Å². The molecular weight excluding hydrogens is 338 g/mol. The fraction of sp³-hybridized carbons (Fsp3) is 0.105. The van der Waals surface area contributed by atoms with Crippen LogP contribution in [0.3, 0.4) is 0 Å². The molecule has 1 aliphatic heterocycles. The van der Waals surface area contributed by atoms with Gasteiger partial charge in [0, 0.05) is 28.0 Å². The van der Waals surface area contributed by atoms with Gasteiger partial charge in [0.15, 0.2) is 17.3 Å². The van der Waals surface area contributed by atoms with E-state index in [4.69, 9.17) is 13.9 Å². The summed E-state index contributed by atoms with van der Waals surface area (Å²) in [5, 5.41) is 2.84. The highest BCUT2D eigenvalue weighted by molar-refractivity contribution is 7.98. The van der Waals surface area contributed by atoms with Crippen LogP contribution in [-0.2, 0) is 5.75 Å². The summed E-state index contributed by atoms with van der Waals surface area (Å²) in [5.74, 6) is 1.99. The van der Waals surface area contributed by atoms with E-state index in [1.165, 1.54) is 6.26 Å². The van der Waals surface area contributed by atoms with E-state index in [0.717, 1.165) is 10.5 Å². The second kappa shape index (κ2) is 6.94. The van der Waals surface area contributed by atoms with Crippen molar-refractivity contribution in [2.24, 2.45) is 0 Å². The van der Waals surface area contributed by atoms with Crippen LogP contribution in [0.25, 0.3) is 0 Å². The van der Waals surface area contributed by atoms with Gasteiger partial charge in [-0.2, -0.15) is 0 Å². The summed E-state index contributed by atoms with van der Waals surface area (Å²) >= 11 is 1.66. The maximum atomic E-state index is 12.5. The molecule has 0 aliphatic carbocycles. The summed E-state index contributed by atoms with van der Waals surface area (Å²) in [4.78, 5) is 13.7. The van der Waals surface area contributed by atoms with Crippen LogP contribution >= 0.6 is 11.8 Å². The Morgan fingerprint density at radius 1 is 1.04 bits per heavy atom.